The van der Waals surface area contributed by atoms with Crippen LogP contribution < -0.4 is 5.90 Å². The zero-order chi connectivity index (χ0) is 15.8. The maximum atomic E-state index is 11.7. The Hall–Kier alpha value is -2.90. The van der Waals surface area contributed by atoms with E-state index < -0.39 is 5.97 Å². The van der Waals surface area contributed by atoms with E-state index in [4.69, 9.17) is 5.90 Å². The molecule has 2 N–H and O–H groups in total. The summed E-state index contributed by atoms with van der Waals surface area (Å²) in [4.78, 5) is 16.0. The molecule has 2 rings (SSSR count). The number of carbonyl (C=O) groups excluding carboxylic acids is 1. The fourth-order valence-electron chi connectivity index (χ4n) is 2.26. The lowest BCUT2D eigenvalue weighted by Crippen LogP contribution is -2.13. The molecule has 0 heterocycles. The second-order valence-electron chi connectivity index (χ2n) is 4.72. The van der Waals surface area contributed by atoms with Gasteiger partial charge in [0, 0.05) is 0 Å². The Labute approximate surface area is 129 Å². The van der Waals surface area contributed by atoms with E-state index >= 15 is 0 Å². The van der Waals surface area contributed by atoms with Crippen molar-refractivity contribution in [2.45, 2.75) is 12.8 Å². The first-order chi connectivity index (χ1) is 10.8. The Bertz CT molecular complexity index is 701. The number of benzene rings is 2. The summed E-state index contributed by atoms with van der Waals surface area (Å²) >= 11 is 0. The van der Waals surface area contributed by atoms with E-state index in [1.54, 1.807) is 0 Å². The lowest BCUT2D eigenvalue weighted by Gasteiger charge is -2.10. The van der Waals surface area contributed by atoms with Gasteiger partial charge in [-0.05, 0) is 29.5 Å². The molecule has 0 saturated heterocycles. The molecular weight excluding hydrogens is 276 g/mol. The highest BCUT2D eigenvalue weighted by atomic mass is 16.7. The minimum atomic E-state index is -0.811. The highest BCUT2D eigenvalue weighted by Gasteiger charge is 2.17. The predicted molar refractivity (Wildman–Crippen MR) is 84.0 cm³/mol. The lowest BCUT2D eigenvalue weighted by atomic mass is 9.94. The molecule has 0 spiro atoms. The molecule has 0 bridgehead atoms. The van der Waals surface area contributed by atoms with E-state index in [1.807, 2.05) is 66.7 Å². The van der Waals surface area contributed by atoms with Crippen LogP contribution in [0.4, 0.5) is 0 Å². The van der Waals surface area contributed by atoms with Gasteiger partial charge in [0.05, 0.1) is 0 Å². The van der Waals surface area contributed by atoms with Gasteiger partial charge in [-0.1, -0.05) is 60.7 Å². The Balaban J connectivity index is 2.36. The molecular formula is C18H16N2O2. The third-order valence-electron chi connectivity index (χ3n) is 3.35. The molecule has 2 aromatic rings. The largest absolute Gasteiger partial charge is 0.369 e. The maximum absolute atomic E-state index is 11.7. The SMILES string of the molecule is N#CC(C(=O)ON)=C(CCc1ccccc1)c1ccccc1. The number of hydrogen-bond donors (Lipinski definition) is 1. The van der Waals surface area contributed by atoms with Gasteiger partial charge in [0.2, 0.25) is 0 Å². The molecule has 0 atom stereocenters. The van der Waals surface area contributed by atoms with Crippen LogP contribution in [0.1, 0.15) is 17.5 Å². The monoisotopic (exact) mass is 292 g/mol. The topological polar surface area (TPSA) is 76.1 Å². The van der Waals surface area contributed by atoms with Gasteiger partial charge in [-0.25, -0.2) is 4.79 Å². The van der Waals surface area contributed by atoms with Crippen LogP contribution in [-0.4, -0.2) is 5.97 Å². The highest BCUT2D eigenvalue weighted by molar-refractivity contribution is 6.01. The summed E-state index contributed by atoms with van der Waals surface area (Å²) in [5, 5.41) is 9.29. The van der Waals surface area contributed by atoms with Crippen molar-refractivity contribution in [3.8, 4) is 6.07 Å². The number of nitrogens with zero attached hydrogens (tertiary/aromatic N) is 1. The Morgan fingerprint density at radius 2 is 1.64 bits per heavy atom. The summed E-state index contributed by atoms with van der Waals surface area (Å²) in [5.41, 5.74) is 2.54. The summed E-state index contributed by atoms with van der Waals surface area (Å²) in [5.74, 6) is 4.13. The molecule has 0 radical (unpaired) electrons. The average Bonchev–Trinajstić information content (AvgIpc) is 2.59. The van der Waals surface area contributed by atoms with Gasteiger partial charge in [-0.15, -0.1) is 0 Å². The number of rotatable bonds is 5. The molecule has 0 saturated carbocycles. The standard InChI is InChI=1S/C18H16N2O2/c19-13-17(18(21)22-20)16(15-9-5-2-6-10-15)12-11-14-7-3-1-4-8-14/h1-10H,11-12,20H2. The van der Waals surface area contributed by atoms with Crippen LogP contribution in [0.25, 0.3) is 5.57 Å². The van der Waals surface area contributed by atoms with Crippen molar-refractivity contribution in [1.29, 1.82) is 5.26 Å². The molecule has 4 heteroatoms. The molecule has 0 aromatic heterocycles. The van der Waals surface area contributed by atoms with Crippen molar-refractivity contribution >= 4 is 11.5 Å². The van der Waals surface area contributed by atoms with Crippen LogP contribution in [0.3, 0.4) is 0 Å². The van der Waals surface area contributed by atoms with Crippen LogP contribution in [0, 0.1) is 11.3 Å². The average molecular weight is 292 g/mol. The molecule has 0 aliphatic rings. The maximum Gasteiger partial charge on any atom is 0.367 e. The Kier molecular flexibility index (Phi) is 5.47. The highest BCUT2D eigenvalue weighted by Crippen LogP contribution is 2.24. The van der Waals surface area contributed by atoms with Gasteiger partial charge in [-0.3, -0.25) is 0 Å². The van der Waals surface area contributed by atoms with E-state index in [2.05, 4.69) is 4.84 Å². The lowest BCUT2D eigenvalue weighted by molar-refractivity contribution is -0.138. The zero-order valence-electron chi connectivity index (χ0n) is 12.0. The van der Waals surface area contributed by atoms with Gasteiger partial charge in [0.1, 0.15) is 11.6 Å². The van der Waals surface area contributed by atoms with Crippen LogP contribution in [0.5, 0.6) is 0 Å². The van der Waals surface area contributed by atoms with Crippen LogP contribution in [-0.2, 0) is 16.1 Å². The van der Waals surface area contributed by atoms with Gasteiger partial charge >= 0.3 is 5.97 Å². The van der Waals surface area contributed by atoms with Gasteiger partial charge in [0.15, 0.2) is 0 Å². The molecule has 0 unspecified atom stereocenters. The van der Waals surface area contributed by atoms with Gasteiger partial charge in [-0.2, -0.15) is 11.2 Å². The summed E-state index contributed by atoms with van der Waals surface area (Å²) in [6, 6.07) is 21.1. The smallest absolute Gasteiger partial charge is 0.367 e. The minimum absolute atomic E-state index is 0.0513. The van der Waals surface area contributed by atoms with E-state index in [1.165, 1.54) is 0 Å². The van der Waals surface area contributed by atoms with Crippen molar-refractivity contribution in [2.75, 3.05) is 0 Å². The zero-order valence-corrected chi connectivity index (χ0v) is 12.0. The number of carbonyl (C=O) groups is 1. The van der Waals surface area contributed by atoms with E-state index in [0.29, 0.717) is 18.4 Å². The van der Waals surface area contributed by atoms with Crippen molar-refractivity contribution in [3.63, 3.8) is 0 Å². The first-order valence-corrected chi connectivity index (χ1v) is 6.90. The third-order valence-corrected chi connectivity index (χ3v) is 3.35. The van der Waals surface area contributed by atoms with Crippen LogP contribution in [0.15, 0.2) is 66.2 Å². The fourth-order valence-corrected chi connectivity index (χ4v) is 2.26. The van der Waals surface area contributed by atoms with Crippen molar-refractivity contribution < 1.29 is 9.63 Å². The molecule has 110 valence electrons. The second-order valence-corrected chi connectivity index (χ2v) is 4.72. The number of allylic oxidation sites excluding steroid dienone is 1. The Morgan fingerprint density at radius 1 is 1.05 bits per heavy atom. The van der Waals surface area contributed by atoms with E-state index in [9.17, 15) is 10.1 Å². The molecule has 4 nitrogen and oxygen atoms in total. The summed E-state index contributed by atoms with van der Waals surface area (Å²) < 4.78 is 0. The molecule has 0 fully saturated rings. The molecule has 0 aliphatic carbocycles. The molecule has 2 aromatic carbocycles. The van der Waals surface area contributed by atoms with E-state index in [0.717, 1.165) is 11.1 Å². The number of nitriles is 1. The molecule has 0 amide bonds. The summed E-state index contributed by atoms with van der Waals surface area (Å²) in [7, 11) is 0. The summed E-state index contributed by atoms with van der Waals surface area (Å²) in [6.07, 6.45) is 1.26. The van der Waals surface area contributed by atoms with Crippen molar-refractivity contribution in [3.05, 3.63) is 77.4 Å². The van der Waals surface area contributed by atoms with Crippen LogP contribution >= 0.6 is 0 Å². The van der Waals surface area contributed by atoms with Gasteiger partial charge in [0.25, 0.3) is 0 Å². The fraction of sp³-hybridized carbons (Fsp3) is 0.111. The molecule has 22 heavy (non-hydrogen) atoms. The quantitative estimate of drug-likeness (QED) is 0.522. The first kappa shape index (κ1) is 15.5. The minimum Gasteiger partial charge on any atom is -0.369 e. The van der Waals surface area contributed by atoms with Crippen LogP contribution in [0.2, 0.25) is 0 Å². The predicted octanol–water partition coefficient (Wildman–Crippen LogP) is 3.01. The molecule has 0 aliphatic heterocycles. The number of hydrogen-bond acceptors (Lipinski definition) is 4. The van der Waals surface area contributed by atoms with Crippen molar-refractivity contribution in [2.24, 2.45) is 5.90 Å². The van der Waals surface area contributed by atoms with Gasteiger partial charge < -0.3 is 4.84 Å². The summed E-state index contributed by atoms with van der Waals surface area (Å²) in [6.45, 7) is 0. The first-order valence-electron chi connectivity index (χ1n) is 6.90. The van der Waals surface area contributed by atoms with E-state index in [-0.39, 0.29) is 5.57 Å². The number of nitrogens with two attached hydrogens (primary N) is 1. The number of aryl methyl sites for hydroxylation is 1. The normalized spacial score (nSPS) is 11.3. The second kappa shape index (κ2) is 7.77. The third kappa shape index (κ3) is 3.81. The Morgan fingerprint density at radius 3 is 2.18 bits per heavy atom. The van der Waals surface area contributed by atoms with Crippen molar-refractivity contribution in [1.82, 2.24) is 0 Å².